The minimum Gasteiger partial charge on any atom is -0.497 e. The highest BCUT2D eigenvalue weighted by Crippen LogP contribution is 2.33. The Bertz CT molecular complexity index is 951. The van der Waals surface area contributed by atoms with Crippen molar-refractivity contribution in [2.24, 2.45) is 4.99 Å². The zero-order valence-electron chi connectivity index (χ0n) is 15.4. The molecule has 1 fully saturated rings. The van der Waals surface area contributed by atoms with Gasteiger partial charge in [-0.1, -0.05) is 43.0 Å². The summed E-state index contributed by atoms with van der Waals surface area (Å²) in [6, 6.07) is 16.5. The standard InChI is InChI=1S/C22H23ClN2OS/c1-26-20-13-11-18(12-14-20)24-22-25(19-5-3-2-4-6-19)21(15-27-22)16-7-9-17(23)10-8-16/h7-15,19H,2-6H2,1H3. The molecule has 0 spiro atoms. The fourth-order valence-electron chi connectivity index (χ4n) is 3.69. The van der Waals surface area contributed by atoms with E-state index in [1.54, 1.807) is 18.4 Å². The van der Waals surface area contributed by atoms with Crippen molar-refractivity contribution in [3.05, 3.63) is 63.7 Å². The quantitative estimate of drug-likeness (QED) is 0.485. The van der Waals surface area contributed by atoms with Gasteiger partial charge in [0.25, 0.3) is 0 Å². The first kappa shape index (κ1) is 18.3. The van der Waals surface area contributed by atoms with E-state index in [-0.39, 0.29) is 0 Å². The number of benzene rings is 2. The van der Waals surface area contributed by atoms with E-state index < -0.39 is 0 Å². The van der Waals surface area contributed by atoms with Gasteiger partial charge < -0.3 is 9.30 Å². The number of halogens is 1. The van der Waals surface area contributed by atoms with Crippen molar-refractivity contribution < 1.29 is 4.74 Å². The molecule has 3 nitrogen and oxygen atoms in total. The molecule has 5 heteroatoms. The van der Waals surface area contributed by atoms with Gasteiger partial charge >= 0.3 is 0 Å². The minimum atomic E-state index is 0.507. The molecule has 1 aliphatic rings. The summed E-state index contributed by atoms with van der Waals surface area (Å²) in [5, 5.41) is 2.99. The number of rotatable bonds is 4. The fourth-order valence-corrected chi connectivity index (χ4v) is 4.80. The molecule has 0 N–H and O–H groups in total. The highest BCUT2D eigenvalue weighted by molar-refractivity contribution is 7.07. The zero-order valence-corrected chi connectivity index (χ0v) is 17.0. The van der Waals surface area contributed by atoms with E-state index in [2.05, 4.69) is 22.1 Å². The van der Waals surface area contributed by atoms with Gasteiger partial charge in [-0.25, -0.2) is 4.99 Å². The first-order chi connectivity index (χ1) is 13.2. The highest BCUT2D eigenvalue weighted by atomic mass is 35.5. The van der Waals surface area contributed by atoms with E-state index in [1.807, 2.05) is 36.4 Å². The molecule has 2 aromatic carbocycles. The predicted molar refractivity (Wildman–Crippen MR) is 113 cm³/mol. The summed E-state index contributed by atoms with van der Waals surface area (Å²) in [7, 11) is 1.68. The molecule has 4 rings (SSSR count). The predicted octanol–water partition coefficient (Wildman–Crippen LogP) is 6.62. The van der Waals surface area contributed by atoms with Crippen molar-refractivity contribution in [3.63, 3.8) is 0 Å². The van der Waals surface area contributed by atoms with Crippen LogP contribution in [0.2, 0.25) is 5.02 Å². The van der Waals surface area contributed by atoms with Crippen molar-refractivity contribution in [1.82, 2.24) is 4.57 Å². The van der Waals surface area contributed by atoms with E-state index in [0.717, 1.165) is 21.3 Å². The Hall–Kier alpha value is -2.04. The first-order valence-corrected chi connectivity index (χ1v) is 10.6. The van der Waals surface area contributed by atoms with Gasteiger partial charge in [0, 0.05) is 16.4 Å². The Kier molecular flexibility index (Phi) is 5.65. The lowest BCUT2D eigenvalue weighted by molar-refractivity contribution is 0.351. The largest absolute Gasteiger partial charge is 0.497 e. The van der Waals surface area contributed by atoms with Gasteiger partial charge in [-0.15, -0.1) is 11.3 Å². The molecule has 0 amide bonds. The molecular weight excluding hydrogens is 376 g/mol. The van der Waals surface area contributed by atoms with Crippen LogP contribution < -0.4 is 9.54 Å². The smallest absolute Gasteiger partial charge is 0.190 e. The molecule has 0 unspecified atom stereocenters. The second-order valence-electron chi connectivity index (χ2n) is 6.88. The SMILES string of the molecule is COc1ccc(N=c2scc(-c3ccc(Cl)cc3)n2C2CCCCC2)cc1. The molecule has 1 aliphatic carbocycles. The van der Waals surface area contributed by atoms with Crippen molar-refractivity contribution in [2.45, 2.75) is 38.1 Å². The van der Waals surface area contributed by atoms with Crippen LogP contribution in [-0.2, 0) is 0 Å². The summed E-state index contributed by atoms with van der Waals surface area (Å²) in [6.45, 7) is 0. The van der Waals surface area contributed by atoms with Gasteiger partial charge in [-0.05, 0) is 54.8 Å². The molecule has 0 aliphatic heterocycles. The van der Waals surface area contributed by atoms with Crippen LogP contribution in [0.5, 0.6) is 5.75 Å². The third-order valence-corrected chi connectivity index (χ3v) is 6.21. The summed E-state index contributed by atoms with van der Waals surface area (Å²) >= 11 is 7.80. The maximum atomic E-state index is 6.09. The molecule has 140 valence electrons. The third kappa shape index (κ3) is 4.12. The van der Waals surface area contributed by atoms with Crippen LogP contribution in [0.4, 0.5) is 5.69 Å². The van der Waals surface area contributed by atoms with E-state index in [9.17, 15) is 0 Å². The van der Waals surface area contributed by atoms with Crippen LogP contribution >= 0.6 is 22.9 Å². The van der Waals surface area contributed by atoms with E-state index in [4.69, 9.17) is 21.3 Å². The molecule has 3 aromatic rings. The van der Waals surface area contributed by atoms with Gasteiger partial charge in [-0.3, -0.25) is 0 Å². The molecule has 27 heavy (non-hydrogen) atoms. The molecule has 0 radical (unpaired) electrons. The Balaban J connectivity index is 1.80. The average Bonchev–Trinajstić information content (AvgIpc) is 3.13. The summed E-state index contributed by atoms with van der Waals surface area (Å²) in [5.41, 5.74) is 3.37. The maximum Gasteiger partial charge on any atom is 0.190 e. The van der Waals surface area contributed by atoms with E-state index in [1.165, 1.54) is 43.4 Å². The van der Waals surface area contributed by atoms with Crippen molar-refractivity contribution in [2.75, 3.05) is 7.11 Å². The second-order valence-corrected chi connectivity index (χ2v) is 8.16. The summed E-state index contributed by atoms with van der Waals surface area (Å²) in [5.74, 6) is 0.849. The van der Waals surface area contributed by atoms with Gasteiger partial charge in [0.15, 0.2) is 4.80 Å². The number of ether oxygens (including phenoxy) is 1. The minimum absolute atomic E-state index is 0.507. The number of methoxy groups -OCH3 is 1. The Morgan fingerprint density at radius 2 is 1.70 bits per heavy atom. The van der Waals surface area contributed by atoms with Gasteiger partial charge in [0.1, 0.15) is 5.75 Å². The summed E-state index contributed by atoms with van der Waals surface area (Å²) in [6.07, 6.45) is 6.34. The number of hydrogen-bond donors (Lipinski definition) is 0. The lowest BCUT2D eigenvalue weighted by Crippen LogP contribution is -2.23. The van der Waals surface area contributed by atoms with Crippen LogP contribution in [0, 0.1) is 0 Å². The fraction of sp³-hybridized carbons (Fsp3) is 0.318. The highest BCUT2D eigenvalue weighted by Gasteiger charge is 2.20. The van der Waals surface area contributed by atoms with Gasteiger partial charge in [-0.2, -0.15) is 0 Å². The normalized spacial score (nSPS) is 15.9. The zero-order chi connectivity index (χ0) is 18.6. The van der Waals surface area contributed by atoms with E-state index >= 15 is 0 Å². The second kappa shape index (κ2) is 8.32. The molecule has 1 saturated carbocycles. The number of thiazole rings is 1. The molecule has 1 aromatic heterocycles. The Morgan fingerprint density at radius 3 is 2.37 bits per heavy atom. The number of hydrogen-bond acceptors (Lipinski definition) is 3. The maximum absolute atomic E-state index is 6.09. The lowest BCUT2D eigenvalue weighted by atomic mass is 9.95. The van der Waals surface area contributed by atoms with Crippen LogP contribution in [0.3, 0.4) is 0 Å². The molecule has 0 bridgehead atoms. The molecular formula is C22H23ClN2OS. The Labute approximate surface area is 168 Å². The third-order valence-electron chi connectivity index (χ3n) is 5.12. The topological polar surface area (TPSA) is 26.5 Å². The molecule has 1 heterocycles. The van der Waals surface area contributed by atoms with Crippen LogP contribution in [0.25, 0.3) is 11.3 Å². The monoisotopic (exact) mass is 398 g/mol. The van der Waals surface area contributed by atoms with Gasteiger partial charge in [0.05, 0.1) is 18.5 Å². The van der Waals surface area contributed by atoms with Crippen LogP contribution in [0.15, 0.2) is 58.9 Å². The van der Waals surface area contributed by atoms with Crippen molar-refractivity contribution in [1.29, 1.82) is 0 Å². The Morgan fingerprint density at radius 1 is 1.00 bits per heavy atom. The van der Waals surface area contributed by atoms with E-state index in [0.29, 0.717) is 6.04 Å². The number of aromatic nitrogens is 1. The van der Waals surface area contributed by atoms with Crippen molar-refractivity contribution >= 4 is 28.6 Å². The van der Waals surface area contributed by atoms with Crippen LogP contribution in [0.1, 0.15) is 38.1 Å². The first-order valence-electron chi connectivity index (χ1n) is 9.39. The van der Waals surface area contributed by atoms with Crippen molar-refractivity contribution in [3.8, 4) is 17.0 Å². The van der Waals surface area contributed by atoms with Gasteiger partial charge in [0.2, 0.25) is 0 Å². The summed E-state index contributed by atoms with van der Waals surface area (Å²) < 4.78 is 7.70. The lowest BCUT2D eigenvalue weighted by Gasteiger charge is -2.25. The average molecular weight is 399 g/mol. The molecule has 0 atom stereocenters. The van der Waals surface area contributed by atoms with Crippen LogP contribution in [-0.4, -0.2) is 11.7 Å². The number of nitrogens with zero attached hydrogens (tertiary/aromatic N) is 2. The molecule has 0 saturated heterocycles. The summed E-state index contributed by atoms with van der Waals surface area (Å²) in [4.78, 5) is 6.01.